The number of nitrogens with zero attached hydrogens (tertiary/aromatic N) is 1. The largest absolute Gasteiger partial charge is 0.370 e. The van der Waals surface area contributed by atoms with Gasteiger partial charge in [0.1, 0.15) is 0 Å². The molecule has 1 aromatic carbocycles. The maximum absolute atomic E-state index is 5.98. The fourth-order valence-corrected chi connectivity index (χ4v) is 3.15. The van der Waals surface area contributed by atoms with Gasteiger partial charge in [-0.15, -0.1) is 0 Å². The van der Waals surface area contributed by atoms with Crippen molar-refractivity contribution >= 4 is 0 Å². The van der Waals surface area contributed by atoms with Crippen LogP contribution in [0.3, 0.4) is 0 Å². The smallest absolute Gasteiger partial charge is 0.0757 e. The fourth-order valence-electron chi connectivity index (χ4n) is 3.15. The Kier molecular flexibility index (Phi) is 4.84. The lowest BCUT2D eigenvalue weighted by atomic mass is 10.0. The van der Waals surface area contributed by atoms with Crippen LogP contribution in [0.15, 0.2) is 24.3 Å². The highest BCUT2D eigenvalue weighted by Crippen LogP contribution is 2.23. The maximum atomic E-state index is 5.98. The minimum atomic E-state index is -0.0523. The van der Waals surface area contributed by atoms with Crippen LogP contribution in [0.2, 0.25) is 0 Å². The van der Waals surface area contributed by atoms with E-state index in [9.17, 15) is 0 Å². The normalized spacial score (nSPS) is 24.6. The number of likely N-dealkylation sites (N-methyl/N-ethyl adjacent to an activating group) is 1. The molecule has 0 bridgehead atoms. The topological polar surface area (TPSA) is 24.5 Å². The minimum Gasteiger partial charge on any atom is -0.370 e. The first kappa shape index (κ1) is 15.5. The molecule has 3 heteroatoms. The zero-order chi connectivity index (χ0) is 14.8. The van der Waals surface area contributed by atoms with Gasteiger partial charge >= 0.3 is 0 Å². The maximum Gasteiger partial charge on any atom is 0.0757 e. The molecule has 2 atom stereocenters. The number of morpholine rings is 1. The van der Waals surface area contributed by atoms with Crippen molar-refractivity contribution in [1.82, 2.24) is 10.2 Å². The molecule has 1 aromatic rings. The Bertz CT molecular complexity index is 427. The van der Waals surface area contributed by atoms with Gasteiger partial charge in [0, 0.05) is 25.7 Å². The third-order valence-electron chi connectivity index (χ3n) is 3.91. The number of hydrogen-bond acceptors (Lipinski definition) is 3. The second kappa shape index (κ2) is 6.25. The molecule has 0 radical (unpaired) electrons. The van der Waals surface area contributed by atoms with E-state index in [-0.39, 0.29) is 5.60 Å². The van der Waals surface area contributed by atoms with Gasteiger partial charge in [-0.05, 0) is 40.3 Å². The van der Waals surface area contributed by atoms with Gasteiger partial charge in [0.15, 0.2) is 0 Å². The number of benzene rings is 1. The van der Waals surface area contributed by atoms with Crippen molar-refractivity contribution in [1.29, 1.82) is 0 Å². The molecule has 2 unspecified atom stereocenters. The average Bonchev–Trinajstić information content (AvgIpc) is 2.34. The molecule has 1 N–H and O–H groups in total. The molecule has 1 fully saturated rings. The van der Waals surface area contributed by atoms with E-state index in [0.717, 1.165) is 19.6 Å². The van der Waals surface area contributed by atoms with E-state index in [2.05, 4.69) is 62.2 Å². The quantitative estimate of drug-likeness (QED) is 0.915. The van der Waals surface area contributed by atoms with E-state index in [1.165, 1.54) is 11.1 Å². The number of nitrogens with one attached hydrogen (secondary N) is 1. The van der Waals surface area contributed by atoms with E-state index in [4.69, 9.17) is 4.74 Å². The third-order valence-corrected chi connectivity index (χ3v) is 3.91. The summed E-state index contributed by atoms with van der Waals surface area (Å²) in [4.78, 5) is 2.51. The minimum absolute atomic E-state index is 0.0523. The van der Waals surface area contributed by atoms with Crippen LogP contribution in [0.1, 0.15) is 37.9 Å². The van der Waals surface area contributed by atoms with E-state index in [0.29, 0.717) is 12.1 Å². The fraction of sp³-hybridized carbons (Fsp3) is 0.647. The molecule has 0 aliphatic carbocycles. The summed E-state index contributed by atoms with van der Waals surface area (Å²) >= 11 is 0. The number of rotatable bonds is 4. The zero-order valence-electron chi connectivity index (χ0n) is 13.4. The molecule has 1 aliphatic heterocycles. The highest BCUT2D eigenvalue weighted by Gasteiger charge is 2.32. The first-order valence-electron chi connectivity index (χ1n) is 7.53. The molecule has 112 valence electrons. The lowest BCUT2D eigenvalue weighted by Gasteiger charge is -2.43. The summed E-state index contributed by atoms with van der Waals surface area (Å²) in [6, 6.07) is 9.20. The van der Waals surface area contributed by atoms with Gasteiger partial charge in [0.05, 0.1) is 11.7 Å². The molecular weight excluding hydrogens is 248 g/mol. The molecule has 20 heavy (non-hydrogen) atoms. The first-order valence-corrected chi connectivity index (χ1v) is 7.53. The van der Waals surface area contributed by atoms with Crippen LogP contribution in [-0.4, -0.2) is 43.3 Å². The summed E-state index contributed by atoms with van der Waals surface area (Å²) in [5, 5.41) is 3.44. The Hall–Kier alpha value is -0.900. The molecule has 3 nitrogen and oxygen atoms in total. The van der Waals surface area contributed by atoms with E-state index in [1.807, 2.05) is 7.05 Å². The van der Waals surface area contributed by atoms with Crippen LogP contribution in [0, 0.1) is 6.92 Å². The molecule has 0 aromatic heterocycles. The predicted octanol–water partition coefficient (Wildman–Crippen LogP) is 2.75. The SMILES string of the molecule is CNC(CN1CC(C)OC(C)(C)C1)c1ccc(C)cc1. The lowest BCUT2D eigenvalue weighted by Crippen LogP contribution is -2.53. The van der Waals surface area contributed by atoms with Gasteiger partial charge in [0.2, 0.25) is 0 Å². The lowest BCUT2D eigenvalue weighted by molar-refractivity contribution is -0.129. The number of hydrogen-bond donors (Lipinski definition) is 1. The highest BCUT2D eigenvalue weighted by molar-refractivity contribution is 5.24. The summed E-state index contributed by atoms with van der Waals surface area (Å²) < 4.78 is 5.98. The van der Waals surface area contributed by atoms with Crippen molar-refractivity contribution in [2.75, 3.05) is 26.7 Å². The van der Waals surface area contributed by atoms with Crippen molar-refractivity contribution in [3.8, 4) is 0 Å². The average molecular weight is 276 g/mol. The summed E-state index contributed by atoms with van der Waals surface area (Å²) in [5.41, 5.74) is 2.61. The molecule has 0 spiro atoms. The van der Waals surface area contributed by atoms with Crippen molar-refractivity contribution in [2.24, 2.45) is 0 Å². The van der Waals surface area contributed by atoms with Crippen molar-refractivity contribution in [3.63, 3.8) is 0 Å². The Morgan fingerprint density at radius 1 is 1.35 bits per heavy atom. The van der Waals surface area contributed by atoms with Crippen LogP contribution >= 0.6 is 0 Å². The molecule has 1 aliphatic rings. The highest BCUT2D eigenvalue weighted by atomic mass is 16.5. The van der Waals surface area contributed by atoms with Crippen molar-refractivity contribution in [3.05, 3.63) is 35.4 Å². The molecular formula is C17H28N2O. The van der Waals surface area contributed by atoms with Crippen LogP contribution in [0.5, 0.6) is 0 Å². The van der Waals surface area contributed by atoms with Crippen molar-refractivity contribution in [2.45, 2.75) is 45.4 Å². The number of aryl methyl sites for hydroxylation is 1. The van der Waals surface area contributed by atoms with Gasteiger partial charge in [-0.3, -0.25) is 4.90 Å². The van der Waals surface area contributed by atoms with E-state index in [1.54, 1.807) is 0 Å². The zero-order valence-corrected chi connectivity index (χ0v) is 13.4. The summed E-state index contributed by atoms with van der Waals surface area (Å²) in [5.74, 6) is 0. The van der Waals surface area contributed by atoms with E-state index >= 15 is 0 Å². The standard InChI is InChI=1S/C17H28N2O/c1-13-6-8-15(9-7-13)16(18-5)11-19-10-14(2)20-17(3,4)12-19/h6-9,14,16,18H,10-12H2,1-5H3. The first-order chi connectivity index (χ1) is 9.39. The van der Waals surface area contributed by atoms with E-state index < -0.39 is 0 Å². The summed E-state index contributed by atoms with van der Waals surface area (Å²) in [7, 11) is 2.04. The Morgan fingerprint density at radius 2 is 2.00 bits per heavy atom. The molecule has 1 saturated heterocycles. The third kappa shape index (κ3) is 4.05. The molecule has 1 heterocycles. The summed E-state index contributed by atoms with van der Waals surface area (Å²) in [6.45, 7) is 11.7. The molecule has 0 amide bonds. The van der Waals surface area contributed by atoms with Crippen LogP contribution in [0.25, 0.3) is 0 Å². The van der Waals surface area contributed by atoms with Gasteiger partial charge in [0.25, 0.3) is 0 Å². The number of ether oxygens (including phenoxy) is 1. The second-order valence-electron chi connectivity index (χ2n) is 6.63. The monoisotopic (exact) mass is 276 g/mol. The van der Waals surface area contributed by atoms with Crippen LogP contribution in [0.4, 0.5) is 0 Å². The van der Waals surface area contributed by atoms with Gasteiger partial charge in [-0.1, -0.05) is 29.8 Å². The predicted molar refractivity (Wildman–Crippen MR) is 84.0 cm³/mol. The second-order valence-corrected chi connectivity index (χ2v) is 6.63. The summed E-state index contributed by atoms with van der Waals surface area (Å²) in [6.07, 6.45) is 0.300. The molecule has 2 rings (SSSR count). The van der Waals surface area contributed by atoms with Gasteiger partial charge in [-0.2, -0.15) is 0 Å². The van der Waals surface area contributed by atoms with Crippen molar-refractivity contribution < 1.29 is 4.74 Å². The van der Waals surface area contributed by atoms with Crippen LogP contribution in [-0.2, 0) is 4.74 Å². The molecule has 0 saturated carbocycles. The van der Waals surface area contributed by atoms with Crippen LogP contribution < -0.4 is 5.32 Å². The Balaban J connectivity index is 2.04. The Morgan fingerprint density at radius 3 is 2.55 bits per heavy atom. The van der Waals surface area contributed by atoms with Gasteiger partial charge in [-0.25, -0.2) is 0 Å². The van der Waals surface area contributed by atoms with Gasteiger partial charge < -0.3 is 10.1 Å². The Labute approximate surface area is 123 Å².